The molecule has 0 aliphatic heterocycles. The first kappa shape index (κ1) is 9.64. The Morgan fingerprint density at radius 1 is 1.18 bits per heavy atom. The second kappa shape index (κ2) is 3.78. The number of nitrogens with one attached hydrogen (secondary N) is 1. The van der Waals surface area contributed by atoms with Crippen LogP contribution in [-0.4, -0.2) is 25.3 Å². The van der Waals surface area contributed by atoms with Gasteiger partial charge in [-0.15, -0.1) is 0 Å². The van der Waals surface area contributed by atoms with Gasteiger partial charge in [-0.05, 0) is 24.3 Å². The molecular formula is C10H6FN5O. The van der Waals surface area contributed by atoms with Gasteiger partial charge in [0.15, 0.2) is 5.82 Å². The van der Waals surface area contributed by atoms with E-state index in [9.17, 15) is 4.39 Å². The summed E-state index contributed by atoms with van der Waals surface area (Å²) in [5.74, 6) is 0.712. The van der Waals surface area contributed by atoms with Crippen molar-refractivity contribution in [1.29, 1.82) is 0 Å². The molecule has 3 aromatic rings. The summed E-state index contributed by atoms with van der Waals surface area (Å²) < 4.78 is 17.8. The zero-order chi connectivity index (χ0) is 11.7. The molecule has 0 spiro atoms. The van der Waals surface area contributed by atoms with Gasteiger partial charge in [-0.2, -0.15) is 10.1 Å². The quantitative estimate of drug-likeness (QED) is 0.725. The normalized spacial score (nSPS) is 10.6. The van der Waals surface area contributed by atoms with Crippen LogP contribution in [0.15, 0.2) is 35.1 Å². The second-order valence-electron chi connectivity index (χ2n) is 3.26. The van der Waals surface area contributed by atoms with E-state index < -0.39 is 0 Å². The van der Waals surface area contributed by atoms with Crippen molar-refractivity contribution in [3.8, 4) is 23.1 Å². The Kier molecular flexibility index (Phi) is 2.14. The van der Waals surface area contributed by atoms with E-state index in [1.165, 1.54) is 18.5 Å². The highest BCUT2D eigenvalue weighted by atomic mass is 19.1. The van der Waals surface area contributed by atoms with Crippen molar-refractivity contribution >= 4 is 0 Å². The van der Waals surface area contributed by atoms with E-state index in [4.69, 9.17) is 4.52 Å². The summed E-state index contributed by atoms with van der Waals surface area (Å²) >= 11 is 0. The molecule has 84 valence electrons. The molecule has 2 aromatic heterocycles. The van der Waals surface area contributed by atoms with Gasteiger partial charge < -0.3 is 4.52 Å². The van der Waals surface area contributed by atoms with Crippen LogP contribution >= 0.6 is 0 Å². The monoisotopic (exact) mass is 231 g/mol. The molecule has 6 nitrogen and oxygen atoms in total. The zero-order valence-corrected chi connectivity index (χ0v) is 8.46. The predicted molar refractivity (Wildman–Crippen MR) is 55.1 cm³/mol. The van der Waals surface area contributed by atoms with Crippen molar-refractivity contribution < 1.29 is 8.91 Å². The van der Waals surface area contributed by atoms with Gasteiger partial charge in [0.1, 0.15) is 12.1 Å². The lowest BCUT2D eigenvalue weighted by molar-refractivity contribution is 0.432. The topological polar surface area (TPSA) is 80.5 Å². The lowest BCUT2D eigenvalue weighted by Gasteiger charge is -1.92. The fourth-order valence-electron chi connectivity index (χ4n) is 1.34. The summed E-state index contributed by atoms with van der Waals surface area (Å²) in [4.78, 5) is 8.01. The van der Waals surface area contributed by atoms with Crippen LogP contribution in [-0.2, 0) is 0 Å². The van der Waals surface area contributed by atoms with Crippen LogP contribution in [0.4, 0.5) is 4.39 Å². The smallest absolute Gasteiger partial charge is 0.258 e. The molecule has 0 aliphatic carbocycles. The minimum Gasteiger partial charge on any atom is -0.334 e. The Hall–Kier alpha value is -2.57. The SMILES string of the molecule is Fc1ccc(-c2nc(-c3ncn[nH]3)no2)cc1. The number of rotatable bonds is 2. The maximum atomic E-state index is 12.7. The van der Waals surface area contributed by atoms with E-state index in [0.29, 0.717) is 23.1 Å². The van der Waals surface area contributed by atoms with Gasteiger partial charge in [-0.3, -0.25) is 5.10 Å². The molecule has 0 saturated heterocycles. The average molecular weight is 231 g/mol. The number of aromatic amines is 1. The van der Waals surface area contributed by atoms with E-state index in [0.717, 1.165) is 0 Å². The molecule has 0 saturated carbocycles. The molecule has 0 fully saturated rings. The third kappa shape index (κ3) is 1.78. The summed E-state index contributed by atoms with van der Waals surface area (Å²) in [7, 11) is 0. The predicted octanol–water partition coefficient (Wildman–Crippen LogP) is 1.66. The Labute approximate surface area is 94.5 Å². The highest BCUT2D eigenvalue weighted by Gasteiger charge is 2.12. The van der Waals surface area contributed by atoms with Gasteiger partial charge in [0, 0.05) is 5.56 Å². The van der Waals surface area contributed by atoms with Crippen LogP contribution in [0.5, 0.6) is 0 Å². The highest BCUT2D eigenvalue weighted by Crippen LogP contribution is 2.19. The Balaban J connectivity index is 1.98. The van der Waals surface area contributed by atoms with Gasteiger partial charge in [-0.1, -0.05) is 5.16 Å². The van der Waals surface area contributed by atoms with Gasteiger partial charge in [0.05, 0.1) is 0 Å². The van der Waals surface area contributed by atoms with Crippen LogP contribution in [0.2, 0.25) is 0 Å². The van der Waals surface area contributed by atoms with E-state index in [-0.39, 0.29) is 5.82 Å². The number of benzene rings is 1. The van der Waals surface area contributed by atoms with Gasteiger partial charge >= 0.3 is 0 Å². The number of nitrogens with zero attached hydrogens (tertiary/aromatic N) is 4. The summed E-state index contributed by atoms with van der Waals surface area (Å²) in [6, 6.07) is 5.78. The summed E-state index contributed by atoms with van der Waals surface area (Å²) in [6.07, 6.45) is 1.35. The largest absolute Gasteiger partial charge is 0.334 e. The standard InChI is InChI=1S/C10H6FN5O/c11-7-3-1-6(2-4-7)10-14-9(16-17-10)8-12-5-13-15-8/h1-5H,(H,12,13,15). The second-order valence-corrected chi connectivity index (χ2v) is 3.26. The van der Waals surface area contributed by atoms with E-state index in [2.05, 4.69) is 25.3 Å². The molecule has 1 N–H and O–H groups in total. The van der Waals surface area contributed by atoms with Crippen molar-refractivity contribution in [2.24, 2.45) is 0 Å². The van der Waals surface area contributed by atoms with Crippen molar-refractivity contribution in [2.45, 2.75) is 0 Å². The average Bonchev–Trinajstić information content (AvgIpc) is 3.00. The van der Waals surface area contributed by atoms with Crippen LogP contribution in [0.1, 0.15) is 0 Å². The third-order valence-electron chi connectivity index (χ3n) is 2.14. The summed E-state index contributed by atoms with van der Waals surface area (Å²) in [5, 5.41) is 10.0. The molecule has 0 unspecified atom stereocenters. The molecular weight excluding hydrogens is 225 g/mol. The van der Waals surface area contributed by atoms with Crippen LogP contribution in [0.3, 0.4) is 0 Å². The highest BCUT2D eigenvalue weighted by molar-refractivity contribution is 5.55. The maximum absolute atomic E-state index is 12.7. The fourth-order valence-corrected chi connectivity index (χ4v) is 1.34. The molecule has 7 heteroatoms. The first-order valence-corrected chi connectivity index (χ1v) is 4.78. The van der Waals surface area contributed by atoms with E-state index in [1.54, 1.807) is 12.1 Å². The molecule has 0 bridgehead atoms. The Morgan fingerprint density at radius 2 is 2.00 bits per heavy atom. The van der Waals surface area contributed by atoms with E-state index in [1.807, 2.05) is 0 Å². The first-order chi connectivity index (χ1) is 8.33. The maximum Gasteiger partial charge on any atom is 0.258 e. The molecule has 0 atom stereocenters. The summed E-state index contributed by atoms with van der Waals surface area (Å²) in [6.45, 7) is 0. The lowest BCUT2D eigenvalue weighted by Crippen LogP contribution is -1.83. The van der Waals surface area contributed by atoms with Gasteiger partial charge in [0.2, 0.25) is 5.82 Å². The third-order valence-corrected chi connectivity index (χ3v) is 2.14. The van der Waals surface area contributed by atoms with Crippen LogP contribution in [0, 0.1) is 5.82 Å². The lowest BCUT2D eigenvalue weighted by atomic mass is 10.2. The number of hydrogen-bond donors (Lipinski definition) is 1. The van der Waals surface area contributed by atoms with Crippen molar-refractivity contribution in [3.05, 3.63) is 36.4 Å². The van der Waals surface area contributed by atoms with Gasteiger partial charge in [0.25, 0.3) is 5.89 Å². The fraction of sp³-hybridized carbons (Fsp3) is 0. The molecule has 3 rings (SSSR count). The number of aromatic nitrogens is 5. The van der Waals surface area contributed by atoms with Crippen molar-refractivity contribution in [1.82, 2.24) is 25.3 Å². The zero-order valence-electron chi connectivity index (χ0n) is 8.46. The number of H-pyrrole nitrogens is 1. The minimum atomic E-state index is -0.316. The first-order valence-electron chi connectivity index (χ1n) is 4.78. The molecule has 1 aromatic carbocycles. The van der Waals surface area contributed by atoms with Gasteiger partial charge in [-0.25, -0.2) is 9.37 Å². The van der Waals surface area contributed by atoms with Crippen LogP contribution in [0.25, 0.3) is 23.1 Å². The van der Waals surface area contributed by atoms with Crippen LogP contribution < -0.4 is 0 Å². The Bertz CT molecular complexity index is 616. The number of hydrogen-bond acceptors (Lipinski definition) is 5. The molecule has 17 heavy (non-hydrogen) atoms. The van der Waals surface area contributed by atoms with E-state index >= 15 is 0 Å². The van der Waals surface area contributed by atoms with Crippen molar-refractivity contribution in [3.63, 3.8) is 0 Å². The Morgan fingerprint density at radius 3 is 2.71 bits per heavy atom. The summed E-state index contributed by atoms with van der Waals surface area (Å²) in [5.41, 5.74) is 0.643. The molecule has 2 heterocycles. The molecule has 0 amide bonds. The number of halogens is 1. The molecule has 0 aliphatic rings. The minimum absolute atomic E-state index is 0.302. The molecule has 0 radical (unpaired) electrons. The van der Waals surface area contributed by atoms with Crippen molar-refractivity contribution in [2.75, 3.05) is 0 Å².